The monoisotopic (exact) mass is 409 g/mol. The van der Waals surface area contributed by atoms with Crippen LogP contribution in [0.25, 0.3) is 6.08 Å². The van der Waals surface area contributed by atoms with Crippen LogP contribution in [0.15, 0.2) is 69.9 Å². The zero-order valence-corrected chi connectivity index (χ0v) is 15.2. The first kappa shape index (κ1) is 19.8. The number of hydrogen-bond donors (Lipinski definition) is 0. The van der Waals surface area contributed by atoms with Gasteiger partial charge in [0.2, 0.25) is 5.91 Å². The molecule has 0 radical (unpaired) electrons. The number of benzene rings is 1. The van der Waals surface area contributed by atoms with E-state index in [0.717, 1.165) is 12.1 Å². The summed E-state index contributed by atoms with van der Waals surface area (Å²) in [5.41, 5.74) is -0.743. The number of carbonyl (C=O) groups excluding carboxylic acids is 1. The predicted octanol–water partition coefficient (Wildman–Crippen LogP) is 5.79. The highest BCUT2D eigenvalue weighted by molar-refractivity contribution is 6.31. The number of hydrogen-bond acceptors (Lipinski definition) is 3. The van der Waals surface area contributed by atoms with Gasteiger partial charge in [0.1, 0.15) is 11.5 Å². The molecule has 1 amide bonds. The summed E-state index contributed by atoms with van der Waals surface area (Å²) in [5, 5.41) is -0.395. The molecule has 3 rings (SSSR count). The molecule has 28 heavy (non-hydrogen) atoms. The molecular formula is C20H15ClF3NO3. The average Bonchev–Trinajstić information content (AvgIpc) is 3.33. The highest BCUT2D eigenvalue weighted by Gasteiger charge is 2.33. The van der Waals surface area contributed by atoms with Gasteiger partial charge in [-0.25, -0.2) is 0 Å². The Morgan fingerprint density at radius 1 is 1.04 bits per heavy atom. The van der Waals surface area contributed by atoms with Crippen molar-refractivity contribution in [2.24, 2.45) is 0 Å². The van der Waals surface area contributed by atoms with E-state index in [2.05, 4.69) is 0 Å². The topological polar surface area (TPSA) is 46.6 Å². The van der Waals surface area contributed by atoms with E-state index in [1.54, 1.807) is 24.3 Å². The van der Waals surface area contributed by atoms with Gasteiger partial charge < -0.3 is 13.7 Å². The Morgan fingerprint density at radius 2 is 1.64 bits per heavy atom. The summed E-state index contributed by atoms with van der Waals surface area (Å²) in [6.45, 7) is 0.372. The van der Waals surface area contributed by atoms with Crippen LogP contribution in [0.3, 0.4) is 0 Å². The minimum Gasteiger partial charge on any atom is -0.467 e. The Kier molecular flexibility index (Phi) is 5.94. The fourth-order valence-electron chi connectivity index (χ4n) is 2.53. The summed E-state index contributed by atoms with van der Waals surface area (Å²) in [4.78, 5) is 14.1. The lowest BCUT2D eigenvalue weighted by Crippen LogP contribution is -2.28. The van der Waals surface area contributed by atoms with Crippen molar-refractivity contribution in [3.05, 3.63) is 88.7 Å². The molecule has 2 aromatic heterocycles. The van der Waals surface area contributed by atoms with Crippen molar-refractivity contribution >= 4 is 23.6 Å². The van der Waals surface area contributed by atoms with Crippen LogP contribution < -0.4 is 0 Å². The quantitative estimate of drug-likeness (QED) is 0.484. The lowest BCUT2D eigenvalue weighted by molar-refractivity contribution is -0.137. The van der Waals surface area contributed by atoms with Gasteiger partial charge in [-0.2, -0.15) is 13.2 Å². The molecule has 0 fully saturated rings. The second-order valence-electron chi connectivity index (χ2n) is 5.92. The summed E-state index contributed by atoms with van der Waals surface area (Å²) in [5.74, 6) is 0.731. The smallest absolute Gasteiger partial charge is 0.417 e. The first-order valence-corrected chi connectivity index (χ1v) is 8.59. The van der Waals surface area contributed by atoms with E-state index in [4.69, 9.17) is 20.4 Å². The van der Waals surface area contributed by atoms with Gasteiger partial charge in [-0.3, -0.25) is 4.79 Å². The van der Waals surface area contributed by atoms with Crippen molar-refractivity contribution in [2.75, 3.05) is 0 Å². The van der Waals surface area contributed by atoms with Crippen LogP contribution in [-0.2, 0) is 24.1 Å². The van der Waals surface area contributed by atoms with E-state index in [0.29, 0.717) is 11.5 Å². The summed E-state index contributed by atoms with van der Waals surface area (Å²) in [6, 6.07) is 10.3. The maximum Gasteiger partial charge on any atom is 0.417 e. The zero-order chi connectivity index (χ0) is 20.1. The molecule has 0 spiro atoms. The molecule has 2 heterocycles. The average molecular weight is 410 g/mol. The van der Waals surface area contributed by atoms with Crippen molar-refractivity contribution in [3.63, 3.8) is 0 Å². The Hall–Kier alpha value is -2.93. The van der Waals surface area contributed by atoms with Crippen LogP contribution in [0, 0.1) is 0 Å². The number of alkyl halides is 3. The maximum atomic E-state index is 13.0. The van der Waals surface area contributed by atoms with E-state index in [-0.39, 0.29) is 18.7 Å². The third-order valence-electron chi connectivity index (χ3n) is 3.88. The number of nitrogens with zero attached hydrogens (tertiary/aromatic N) is 1. The van der Waals surface area contributed by atoms with Gasteiger partial charge in [0.15, 0.2) is 0 Å². The van der Waals surface area contributed by atoms with Crippen molar-refractivity contribution in [1.82, 2.24) is 4.90 Å². The maximum absolute atomic E-state index is 13.0. The van der Waals surface area contributed by atoms with E-state index in [1.807, 2.05) is 0 Å². The van der Waals surface area contributed by atoms with Crippen LogP contribution in [0.5, 0.6) is 0 Å². The fraction of sp³-hybridized carbons (Fsp3) is 0.150. The van der Waals surface area contributed by atoms with Crippen molar-refractivity contribution in [3.8, 4) is 0 Å². The SMILES string of the molecule is O=C(/C=C/c1ccc(Cl)c(C(F)(F)F)c1)N(Cc1ccco1)Cc1ccco1. The number of halogens is 4. The van der Waals surface area contributed by atoms with Crippen molar-refractivity contribution in [1.29, 1.82) is 0 Å². The highest BCUT2D eigenvalue weighted by atomic mass is 35.5. The van der Waals surface area contributed by atoms with Gasteiger partial charge in [0.05, 0.1) is 36.2 Å². The minimum absolute atomic E-state index is 0.186. The predicted molar refractivity (Wildman–Crippen MR) is 97.2 cm³/mol. The van der Waals surface area contributed by atoms with Gasteiger partial charge in [0.25, 0.3) is 0 Å². The van der Waals surface area contributed by atoms with Crippen molar-refractivity contribution in [2.45, 2.75) is 19.3 Å². The molecule has 3 aromatic rings. The Bertz CT molecular complexity index is 911. The molecule has 8 heteroatoms. The van der Waals surface area contributed by atoms with Gasteiger partial charge in [0, 0.05) is 6.08 Å². The molecule has 0 unspecified atom stereocenters. The normalized spacial score (nSPS) is 11.9. The van der Waals surface area contributed by atoms with E-state index >= 15 is 0 Å². The summed E-state index contributed by atoms with van der Waals surface area (Å²) in [6.07, 6.45) is 0.927. The Labute approximate surface area is 163 Å². The molecule has 146 valence electrons. The van der Waals surface area contributed by atoms with Gasteiger partial charge >= 0.3 is 6.18 Å². The number of furan rings is 2. The standard InChI is InChI=1S/C20H15ClF3NO3/c21-18-7-5-14(11-17(18)20(22,23)24)6-8-19(26)25(12-15-3-1-9-27-15)13-16-4-2-10-28-16/h1-11H,12-13H2/b8-6+. The van der Waals surface area contributed by atoms with Crippen LogP contribution in [0.4, 0.5) is 13.2 Å². The van der Waals surface area contributed by atoms with Gasteiger partial charge in [-0.1, -0.05) is 17.7 Å². The lowest BCUT2D eigenvalue weighted by atomic mass is 10.1. The third kappa shape index (κ3) is 5.07. The molecule has 0 bridgehead atoms. The molecule has 1 aromatic carbocycles. The summed E-state index contributed by atoms with van der Waals surface area (Å²) in [7, 11) is 0. The Morgan fingerprint density at radius 3 is 2.14 bits per heavy atom. The highest BCUT2D eigenvalue weighted by Crippen LogP contribution is 2.35. The summed E-state index contributed by atoms with van der Waals surface area (Å²) < 4.78 is 49.5. The molecule has 0 atom stereocenters. The second kappa shape index (κ2) is 8.39. The first-order valence-electron chi connectivity index (χ1n) is 8.21. The number of carbonyl (C=O) groups is 1. The number of amides is 1. The largest absolute Gasteiger partial charge is 0.467 e. The second-order valence-corrected chi connectivity index (χ2v) is 6.33. The Balaban J connectivity index is 1.79. The first-order chi connectivity index (χ1) is 13.3. The summed E-state index contributed by atoms with van der Waals surface area (Å²) >= 11 is 5.61. The zero-order valence-electron chi connectivity index (χ0n) is 14.4. The lowest BCUT2D eigenvalue weighted by Gasteiger charge is -2.18. The van der Waals surface area contributed by atoms with E-state index in [1.165, 1.54) is 35.6 Å². The molecule has 0 aliphatic carbocycles. The molecule has 0 saturated heterocycles. The molecule has 0 saturated carbocycles. The van der Waals surface area contributed by atoms with Crippen molar-refractivity contribution < 1.29 is 26.8 Å². The molecule has 0 aliphatic heterocycles. The van der Waals surface area contributed by atoms with E-state index < -0.39 is 22.7 Å². The van der Waals surface area contributed by atoms with Crippen LogP contribution >= 0.6 is 11.6 Å². The third-order valence-corrected chi connectivity index (χ3v) is 4.21. The van der Waals surface area contributed by atoms with Crippen LogP contribution in [0.1, 0.15) is 22.6 Å². The minimum atomic E-state index is -4.57. The fourth-order valence-corrected chi connectivity index (χ4v) is 2.75. The van der Waals surface area contributed by atoms with Gasteiger partial charge in [-0.15, -0.1) is 0 Å². The number of rotatable bonds is 6. The van der Waals surface area contributed by atoms with Crippen LogP contribution in [-0.4, -0.2) is 10.8 Å². The molecular weight excluding hydrogens is 395 g/mol. The molecule has 0 aliphatic rings. The van der Waals surface area contributed by atoms with E-state index in [9.17, 15) is 18.0 Å². The van der Waals surface area contributed by atoms with Crippen LogP contribution in [0.2, 0.25) is 5.02 Å². The molecule has 0 N–H and O–H groups in total. The molecule has 4 nitrogen and oxygen atoms in total. The van der Waals surface area contributed by atoms with Gasteiger partial charge in [-0.05, 0) is 48.0 Å².